The molecule has 0 bridgehead atoms. The van der Waals surface area contributed by atoms with Gasteiger partial charge in [0.2, 0.25) is 0 Å². The first-order valence-electron chi connectivity index (χ1n) is 16.2. The van der Waals surface area contributed by atoms with Crippen LogP contribution in [0.15, 0.2) is 71.1 Å². The zero-order valence-electron chi connectivity index (χ0n) is 28.6. The van der Waals surface area contributed by atoms with Crippen LogP contribution in [-0.4, -0.2) is 88.0 Å². The Morgan fingerprint density at radius 2 is 1.48 bits per heavy atom. The van der Waals surface area contributed by atoms with E-state index in [4.69, 9.17) is 18.9 Å². The van der Waals surface area contributed by atoms with Crippen LogP contribution in [0.25, 0.3) is 0 Å². The number of esters is 2. The fraction of sp³-hybridized carbons (Fsp3) is 0.444. The molecule has 12 heteroatoms. The fourth-order valence-corrected chi connectivity index (χ4v) is 6.46. The van der Waals surface area contributed by atoms with Crippen LogP contribution in [0.4, 0.5) is 15.3 Å². The highest BCUT2D eigenvalue weighted by Crippen LogP contribution is 2.43. The van der Waals surface area contributed by atoms with Crippen LogP contribution in [0.1, 0.15) is 63.0 Å². The number of rotatable bonds is 11. The van der Waals surface area contributed by atoms with Crippen molar-refractivity contribution in [3.8, 4) is 5.75 Å². The first kappa shape index (κ1) is 36.0. The summed E-state index contributed by atoms with van der Waals surface area (Å²) >= 11 is 0. The van der Waals surface area contributed by atoms with Gasteiger partial charge < -0.3 is 34.5 Å². The first-order valence-corrected chi connectivity index (χ1v) is 16.2. The number of nitrogens with zero attached hydrogens (tertiary/aromatic N) is 2. The van der Waals surface area contributed by atoms with E-state index in [9.17, 15) is 19.2 Å². The Morgan fingerprint density at radius 1 is 0.854 bits per heavy atom. The number of nitrogens with one attached hydrogen (secondary N) is 2. The van der Waals surface area contributed by atoms with Gasteiger partial charge in [-0.2, -0.15) is 0 Å². The van der Waals surface area contributed by atoms with E-state index in [0.717, 1.165) is 44.6 Å². The number of allylic oxidation sites excluding steroid dienone is 2. The van der Waals surface area contributed by atoms with Crippen LogP contribution >= 0.6 is 0 Å². The molecule has 0 saturated carbocycles. The minimum atomic E-state index is -0.937. The summed E-state index contributed by atoms with van der Waals surface area (Å²) < 4.78 is 20.8. The van der Waals surface area contributed by atoms with Crippen LogP contribution in [0, 0.1) is 0 Å². The molecule has 0 atom stereocenters. The van der Waals surface area contributed by atoms with E-state index in [2.05, 4.69) is 27.7 Å². The lowest BCUT2D eigenvalue weighted by Gasteiger charge is -2.35. The van der Waals surface area contributed by atoms with Crippen LogP contribution in [0.5, 0.6) is 5.75 Å². The van der Waals surface area contributed by atoms with E-state index < -0.39 is 23.9 Å². The molecule has 0 radical (unpaired) electrons. The summed E-state index contributed by atoms with van der Waals surface area (Å²) in [7, 11) is 4.14. The molecule has 0 unspecified atom stereocenters. The van der Waals surface area contributed by atoms with Crippen LogP contribution < -0.4 is 15.4 Å². The number of hydrogen-bond donors (Lipinski definition) is 2. The number of methoxy groups -OCH3 is 3. The molecular weight excluding hydrogens is 616 g/mol. The number of urea groups is 1. The van der Waals surface area contributed by atoms with Gasteiger partial charge in [0.1, 0.15) is 5.75 Å². The van der Waals surface area contributed by atoms with E-state index in [0.29, 0.717) is 23.7 Å². The Labute approximate surface area is 282 Å². The second-order valence-electron chi connectivity index (χ2n) is 11.7. The Morgan fingerprint density at radius 3 is 2.08 bits per heavy atom. The largest absolute Gasteiger partial charge is 0.497 e. The molecule has 258 valence electrons. The molecule has 1 fully saturated rings. The minimum absolute atomic E-state index is 0.0747. The SMILES string of the molecule is CCOC(=O)N1C(C)=C(C(=O)OC)C(c2cccc(NC(=O)NCCCN3CCC(c4cccc(OC)c4)CC3)c2)C(C(=O)OC)=C1C. The molecular formula is C36H46N4O8. The quantitative estimate of drug-likeness (QED) is 0.181. The second-order valence-corrected chi connectivity index (χ2v) is 11.7. The Kier molecular flexibility index (Phi) is 12.6. The smallest absolute Gasteiger partial charge is 0.418 e. The average Bonchev–Trinajstić information content (AvgIpc) is 3.09. The number of piperidine rings is 1. The van der Waals surface area contributed by atoms with Crippen molar-refractivity contribution in [3.63, 3.8) is 0 Å². The standard InChI is InChI=1S/C36H46N4O8/c1-7-48-36(44)40-23(2)30(33(41)46-5)32(31(24(40)3)34(42)47-6)27-12-8-13-28(21-27)38-35(43)37-17-10-18-39-19-15-25(16-20-39)26-11-9-14-29(22-26)45-4/h8-9,11-14,21-22,25,32H,7,10,15-20H2,1-6H3,(H2,37,38,43). The monoisotopic (exact) mass is 662 g/mol. The summed E-state index contributed by atoms with van der Waals surface area (Å²) in [5.41, 5.74) is 2.97. The third kappa shape index (κ3) is 8.35. The Bertz CT molecular complexity index is 1520. The van der Waals surface area contributed by atoms with Crippen molar-refractivity contribution in [2.45, 2.75) is 51.9 Å². The van der Waals surface area contributed by atoms with E-state index in [1.54, 1.807) is 52.1 Å². The lowest BCUT2D eigenvalue weighted by molar-refractivity contribution is -0.137. The van der Waals surface area contributed by atoms with Crippen molar-refractivity contribution >= 4 is 29.8 Å². The highest BCUT2D eigenvalue weighted by molar-refractivity contribution is 6.01. The number of hydrogen-bond acceptors (Lipinski definition) is 9. The summed E-state index contributed by atoms with van der Waals surface area (Å²) in [6.07, 6.45) is 2.23. The average molecular weight is 663 g/mol. The summed E-state index contributed by atoms with van der Waals surface area (Å²) in [6.45, 7) is 8.32. The lowest BCUT2D eigenvalue weighted by atomic mass is 9.79. The minimum Gasteiger partial charge on any atom is -0.497 e. The molecule has 3 amide bonds. The molecule has 0 spiro atoms. The van der Waals surface area contributed by atoms with Gasteiger partial charge in [-0.1, -0.05) is 24.3 Å². The topological polar surface area (TPSA) is 136 Å². The molecule has 2 heterocycles. The van der Waals surface area contributed by atoms with E-state index in [1.165, 1.54) is 24.7 Å². The van der Waals surface area contributed by atoms with E-state index >= 15 is 0 Å². The Balaban J connectivity index is 1.39. The summed E-state index contributed by atoms with van der Waals surface area (Å²) in [6, 6.07) is 14.8. The van der Waals surface area contributed by atoms with Gasteiger partial charge in [-0.15, -0.1) is 0 Å². The van der Waals surface area contributed by atoms with Gasteiger partial charge in [0.25, 0.3) is 0 Å². The van der Waals surface area contributed by atoms with Gasteiger partial charge in [-0.25, -0.2) is 19.2 Å². The zero-order chi connectivity index (χ0) is 34.8. The molecule has 2 aromatic rings. The predicted octanol–water partition coefficient (Wildman–Crippen LogP) is 5.54. The van der Waals surface area contributed by atoms with Crippen LogP contribution in [0.3, 0.4) is 0 Å². The molecule has 2 aliphatic heterocycles. The molecule has 0 aliphatic carbocycles. The number of anilines is 1. The van der Waals surface area contributed by atoms with Crippen molar-refractivity contribution in [3.05, 3.63) is 82.2 Å². The van der Waals surface area contributed by atoms with Crippen molar-refractivity contribution in [1.29, 1.82) is 0 Å². The van der Waals surface area contributed by atoms with Crippen molar-refractivity contribution < 1.29 is 38.1 Å². The molecule has 0 aromatic heterocycles. The van der Waals surface area contributed by atoms with E-state index in [-0.39, 0.29) is 35.2 Å². The third-order valence-electron chi connectivity index (χ3n) is 8.86. The van der Waals surface area contributed by atoms with Crippen LogP contribution in [-0.2, 0) is 23.8 Å². The molecule has 2 N–H and O–H groups in total. The summed E-state index contributed by atoms with van der Waals surface area (Å²) in [5, 5.41) is 5.77. The van der Waals surface area contributed by atoms with Gasteiger partial charge in [-0.3, -0.25) is 4.90 Å². The second kappa shape index (κ2) is 16.8. The number of carbonyl (C=O) groups is 4. The molecule has 4 rings (SSSR count). The highest BCUT2D eigenvalue weighted by atomic mass is 16.6. The first-order chi connectivity index (χ1) is 23.1. The number of amides is 3. The molecule has 1 saturated heterocycles. The number of carbonyl (C=O) groups excluding carboxylic acids is 4. The van der Waals surface area contributed by atoms with Gasteiger partial charge >= 0.3 is 24.1 Å². The summed E-state index contributed by atoms with van der Waals surface area (Å²) in [4.78, 5) is 55.7. The number of likely N-dealkylation sites (tertiary alicyclic amines) is 1. The van der Waals surface area contributed by atoms with Crippen molar-refractivity contribution in [2.24, 2.45) is 0 Å². The van der Waals surface area contributed by atoms with Gasteiger partial charge in [0.05, 0.1) is 45.0 Å². The maximum absolute atomic E-state index is 13.2. The fourth-order valence-electron chi connectivity index (χ4n) is 6.46. The maximum atomic E-state index is 13.2. The van der Waals surface area contributed by atoms with Crippen LogP contribution in [0.2, 0.25) is 0 Å². The van der Waals surface area contributed by atoms with Gasteiger partial charge in [-0.05, 0) is 101 Å². The highest BCUT2D eigenvalue weighted by Gasteiger charge is 2.42. The van der Waals surface area contributed by atoms with Crippen molar-refractivity contribution in [2.75, 3.05) is 59.4 Å². The maximum Gasteiger partial charge on any atom is 0.418 e. The normalized spacial score (nSPS) is 16.0. The molecule has 48 heavy (non-hydrogen) atoms. The Hall–Kier alpha value is -4.84. The molecule has 12 nitrogen and oxygen atoms in total. The zero-order valence-corrected chi connectivity index (χ0v) is 28.6. The van der Waals surface area contributed by atoms with Gasteiger partial charge in [0.15, 0.2) is 0 Å². The van der Waals surface area contributed by atoms with Crippen molar-refractivity contribution in [1.82, 2.24) is 15.1 Å². The summed E-state index contributed by atoms with van der Waals surface area (Å²) in [5.74, 6) is -0.971. The molecule has 2 aromatic carbocycles. The number of ether oxygens (including phenoxy) is 4. The van der Waals surface area contributed by atoms with E-state index in [1.807, 2.05) is 12.1 Å². The number of benzene rings is 2. The third-order valence-corrected chi connectivity index (χ3v) is 8.86. The molecule has 2 aliphatic rings. The predicted molar refractivity (Wildman–Crippen MR) is 181 cm³/mol. The lowest BCUT2D eigenvalue weighted by Crippen LogP contribution is -2.38. The van der Waals surface area contributed by atoms with Gasteiger partial charge in [0, 0.05) is 23.6 Å².